The Kier molecular flexibility index (Phi) is 6.65. The molecule has 0 heterocycles. The predicted octanol–water partition coefficient (Wildman–Crippen LogP) is 0.871. The van der Waals surface area contributed by atoms with Crippen LogP contribution in [-0.2, 0) is 25.5 Å². The molecule has 0 spiro atoms. The molecule has 30 heavy (non-hydrogen) atoms. The lowest BCUT2D eigenvalue weighted by Crippen LogP contribution is -2.56. The first-order chi connectivity index (χ1) is 14.0. The van der Waals surface area contributed by atoms with Crippen molar-refractivity contribution in [2.24, 2.45) is 0 Å². The fourth-order valence-corrected chi connectivity index (χ4v) is 2.52. The summed E-state index contributed by atoms with van der Waals surface area (Å²) in [5.74, 6) is -6.04. The summed E-state index contributed by atoms with van der Waals surface area (Å²) in [6, 6.07) is 8.60. The molecule has 6 N–H and O–H groups in total. The maximum atomic E-state index is 12.0. The minimum Gasteiger partial charge on any atom is -0.508 e. The van der Waals surface area contributed by atoms with Crippen LogP contribution < -0.4 is 0 Å². The van der Waals surface area contributed by atoms with Gasteiger partial charge in [-0.1, -0.05) is 18.2 Å². The Balaban J connectivity index is 2.24. The smallest absolute Gasteiger partial charge is 0.348 e. The summed E-state index contributed by atoms with van der Waals surface area (Å²) in [6.07, 6.45) is -1.28. The number of carboxylic acids is 2. The van der Waals surface area contributed by atoms with Gasteiger partial charge in [0, 0.05) is 12.5 Å². The third kappa shape index (κ3) is 5.26. The first-order valence-corrected chi connectivity index (χ1v) is 8.40. The van der Waals surface area contributed by atoms with Gasteiger partial charge in [-0.05, 0) is 41.5 Å². The highest BCUT2D eigenvalue weighted by molar-refractivity contribution is 5.93. The lowest BCUT2D eigenvalue weighted by atomic mass is 9.88. The van der Waals surface area contributed by atoms with E-state index in [1.54, 1.807) is 0 Å². The van der Waals surface area contributed by atoms with E-state index in [0.717, 1.165) is 24.3 Å². The molecule has 0 saturated carbocycles. The van der Waals surface area contributed by atoms with Gasteiger partial charge in [-0.15, -0.1) is 0 Å². The van der Waals surface area contributed by atoms with Gasteiger partial charge < -0.3 is 35.4 Å². The summed E-state index contributed by atoms with van der Waals surface area (Å²) in [6.45, 7) is 0. The Morgan fingerprint density at radius 1 is 0.967 bits per heavy atom. The monoisotopic (exact) mass is 418 g/mol. The lowest BCUT2D eigenvalue weighted by molar-refractivity contribution is -0.192. The van der Waals surface area contributed by atoms with Crippen molar-refractivity contribution in [1.29, 1.82) is 0 Å². The maximum Gasteiger partial charge on any atom is 0.348 e. The maximum absolute atomic E-state index is 12.0. The van der Waals surface area contributed by atoms with Crippen molar-refractivity contribution >= 4 is 24.0 Å². The van der Waals surface area contributed by atoms with Gasteiger partial charge in [0.05, 0.1) is 0 Å². The summed E-state index contributed by atoms with van der Waals surface area (Å²) in [7, 11) is 0. The van der Waals surface area contributed by atoms with Crippen molar-refractivity contribution in [3.05, 3.63) is 59.7 Å². The lowest BCUT2D eigenvalue weighted by Gasteiger charge is -2.29. The molecule has 0 aliphatic rings. The molecule has 2 rings (SSSR count). The van der Waals surface area contributed by atoms with Crippen LogP contribution in [0.5, 0.6) is 17.2 Å². The van der Waals surface area contributed by atoms with E-state index in [0.29, 0.717) is 0 Å². The summed E-state index contributed by atoms with van der Waals surface area (Å²) in [5, 5.41) is 57.3. The van der Waals surface area contributed by atoms with Crippen molar-refractivity contribution in [2.45, 2.75) is 18.1 Å². The highest BCUT2D eigenvalue weighted by Gasteiger charge is 2.51. The molecule has 10 heteroatoms. The Morgan fingerprint density at radius 3 is 2.13 bits per heavy atom. The number of hydrogen-bond donors (Lipinski definition) is 6. The molecular weight excluding hydrogens is 400 g/mol. The van der Waals surface area contributed by atoms with Gasteiger partial charge in [-0.25, -0.2) is 14.4 Å². The largest absolute Gasteiger partial charge is 0.508 e. The van der Waals surface area contributed by atoms with Gasteiger partial charge in [0.15, 0.2) is 11.5 Å². The molecule has 0 aromatic heterocycles. The summed E-state index contributed by atoms with van der Waals surface area (Å²) < 4.78 is 4.69. The number of carboxylic acid groups (broad SMARTS) is 2. The topological polar surface area (TPSA) is 182 Å². The predicted molar refractivity (Wildman–Crippen MR) is 101 cm³/mol. The van der Waals surface area contributed by atoms with Crippen LogP contribution in [0.3, 0.4) is 0 Å². The van der Waals surface area contributed by atoms with E-state index in [9.17, 15) is 45.0 Å². The van der Waals surface area contributed by atoms with Crippen LogP contribution in [0, 0.1) is 0 Å². The number of aliphatic carboxylic acids is 2. The molecule has 0 fully saturated rings. The number of carbonyl (C=O) groups excluding carboxylic acids is 1. The number of esters is 1. The van der Waals surface area contributed by atoms with Gasteiger partial charge in [0.25, 0.3) is 0 Å². The van der Waals surface area contributed by atoms with E-state index < -0.39 is 41.8 Å². The van der Waals surface area contributed by atoms with Gasteiger partial charge in [0.1, 0.15) is 5.75 Å². The van der Waals surface area contributed by atoms with E-state index in [-0.39, 0.29) is 22.6 Å². The quantitative estimate of drug-likeness (QED) is 0.204. The van der Waals surface area contributed by atoms with Crippen molar-refractivity contribution in [1.82, 2.24) is 0 Å². The minimum atomic E-state index is -3.00. The van der Waals surface area contributed by atoms with Crippen molar-refractivity contribution in [2.75, 3.05) is 0 Å². The Morgan fingerprint density at radius 2 is 1.60 bits per heavy atom. The first kappa shape index (κ1) is 22.2. The van der Waals surface area contributed by atoms with Crippen molar-refractivity contribution in [3.63, 3.8) is 0 Å². The highest BCUT2D eigenvalue weighted by atomic mass is 16.6. The van der Waals surface area contributed by atoms with Crippen LogP contribution in [0.4, 0.5) is 0 Å². The fourth-order valence-electron chi connectivity index (χ4n) is 2.52. The molecule has 0 aliphatic heterocycles. The molecule has 0 aliphatic carbocycles. The second-order valence-electron chi connectivity index (χ2n) is 6.31. The molecule has 10 nitrogen and oxygen atoms in total. The standard InChI is InChI=1S/C20H18O10/c21-13-5-1-12(2-6-13)10-20(29,19(27)28)17(18(25)26)30-16(24)8-4-11-3-7-14(22)15(23)9-11/h1-9,17,21-23,29H,10H2,(H,25,26)(H,27,28)/b8-4+/t17-,20-/m1/s1. The van der Waals surface area contributed by atoms with Gasteiger partial charge in [-0.2, -0.15) is 0 Å². The highest BCUT2D eigenvalue weighted by Crippen LogP contribution is 2.26. The zero-order valence-corrected chi connectivity index (χ0v) is 15.3. The second kappa shape index (κ2) is 8.97. The van der Waals surface area contributed by atoms with Crippen LogP contribution in [0.15, 0.2) is 48.5 Å². The van der Waals surface area contributed by atoms with E-state index in [2.05, 4.69) is 0 Å². The SMILES string of the molecule is O=C(/C=C/c1ccc(O)c(O)c1)O[C@H](C(=O)O)[C@](O)(Cc1ccc(O)cc1)C(=O)O. The van der Waals surface area contributed by atoms with Crippen LogP contribution in [0.1, 0.15) is 11.1 Å². The van der Waals surface area contributed by atoms with Crippen molar-refractivity contribution in [3.8, 4) is 17.2 Å². The average Bonchev–Trinajstić information content (AvgIpc) is 2.68. The zero-order valence-electron chi connectivity index (χ0n) is 15.3. The molecule has 0 saturated heterocycles. The van der Waals surface area contributed by atoms with E-state index >= 15 is 0 Å². The Labute approximate surface area is 169 Å². The third-order valence-electron chi connectivity index (χ3n) is 4.08. The van der Waals surface area contributed by atoms with Crippen molar-refractivity contribution < 1.29 is 49.8 Å². The molecule has 0 radical (unpaired) electrons. The normalized spacial score (nSPS) is 14.0. The van der Waals surface area contributed by atoms with Gasteiger partial charge in [-0.3, -0.25) is 0 Å². The molecule has 158 valence electrons. The number of benzene rings is 2. The number of hydrogen-bond acceptors (Lipinski definition) is 8. The van der Waals surface area contributed by atoms with E-state index in [1.807, 2.05) is 0 Å². The Bertz CT molecular complexity index is 980. The molecule has 0 amide bonds. The molecule has 2 atom stereocenters. The Hall–Kier alpha value is -4.05. The molecule has 0 unspecified atom stereocenters. The van der Waals surface area contributed by atoms with Gasteiger partial charge >= 0.3 is 17.9 Å². The van der Waals surface area contributed by atoms with Crippen LogP contribution in [-0.4, -0.2) is 60.3 Å². The van der Waals surface area contributed by atoms with Crippen LogP contribution in [0.25, 0.3) is 6.08 Å². The molecule has 2 aromatic rings. The van der Waals surface area contributed by atoms with E-state index in [4.69, 9.17) is 4.74 Å². The molecule has 2 aromatic carbocycles. The number of rotatable bonds is 8. The third-order valence-corrected chi connectivity index (χ3v) is 4.08. The number of phenols is 3. The summed E-state index contributed by atoms with van der Waals surface area (Å²) in [4.78, 5) is 35.2. The number of ether oxygens (including phenoxy) is 1. The molecule has 0 bridgehead atoms. The minimum absolute atomic E-state index is 0.121. The summed E-state index contributed by atoms with van der Waals surface area (Å²) in [5.41, 5.74) is -2.56. The molecular formula is C20H18O10. The number of aliphatic hydroxyl groups is 1. The van der Waals surface area contributed by atoms with Gasteiger partial charge in [0.2, 0.25) is 11.7 Å². The van der Waals surface area contributed by atoms with Crippen LogP contribution in [0.2, 0.25) is 0 Å². The number of aromatic hydroxyl groups is 3. The fraction of sp³-hybridized carbons (Fsp3) is 0.150. The average molecular weight is 418 g/mol. The zero-order chi connectivity index (χ0) is 22.5. The van der Waals surface area contributed by atoms with Crippen LogP contribution >= 0.6 is 0 Å². The summed E-state index contributed by atoms with van der Waals surface area (Å²) >= 11 is 0. The number of carbonyl (C=O) groups is 3. The second-order valence-corrected chi connectivity index (χ2v) is 6.31. The number of phenolic OH excluding ortho intramolecular Hbond substituents is 3. The first-order valence-electron chi connectivity index (χ1n) is 8.40. The van der Waals surface area contributed by atoms with E-state index in [1.165, 1.54) is 30.3 Å².